The molecule has 1 rings (SSSR count). The van der Waals surface area contributed by atoms with Gasteiger partial charge < -0.3 is 10.2 Å². The molecule has 0 aliphatic carbocycles. The second kappa shape index (κ2) is 5.01. The molecule has 14 heavy (non-hydrogen) atoms. The molecule has 2 nitrogen and oxygen atoms in total. The first-order valence-corrected chi connectivity index (χ1v) is 5.06. The largest absolute Gasteiger partial charge is 0.508 e. The number of aliphatic hydroxyl groups excluding tert-OH is 1. The van der Waals surface area contributed by atoms with E-state index < -0.39 is 0 Å². The first-order chi connectivity index (χ1) is 6.59. The van der Waals surface area contributed by atoms with Gasteiger partial charge in [-0.15, -0.1) is 0 Å². The molecule has 0 amide bonds. The van der Waals surface area contributed by atoms with Crippen molar-refractivity contribution in [1.29, 1.82) is 0 Å². The molecule has 78 valence electrons. The van der Waals surface area contributed by atoms with Gasteiger partial charge in [-0.25, -0.2) is 0 Å². The van der Waals surface area contributed by atoms with Gasteiger partial charge in [0.05, 0.1) is 6.10 Å². The first kappa shape index (κ1) is 11.1. The Morgan fingerprint density at radius 2 is 2.07 bits per heavy atom. The number of benzene rings is 1. The summed E-state index contributed by atoms with van der Waals surface area (Å²) in [4.78, 5) is 0. The summed E-state index contributed by atoms with van der Waals surface area (Å²) in [5, 5.41) is 18.4. The molecule has 0 saturated heterocycles. The van der Waals surface area contributed by atoms with Crippen molar-refractivity contribution in [2.24, 2.45) is 0 Å². The van der Waals surface area contributed by atoms with Crippen LogP contribution in [0.15, 0.2) is 18.2 Å². The summed E-state index contributed by atoms with van der Waals surface area (Å²) >= 11 is 0. The molecular formula is C12H18O2. The van der Waals surface area contributed by atoms with E-state index in [1.54, 1.807) is 19.1 Å². The van der Waals surface area contributed by atoms with Crippen LogP contribution in [0.5, 0.6) is 5.75 Å². The molecule has 1 atom stereocenters. The highest BCUT2D eigenvalue weighted by Crippen LogP contribution is 2.18. The average Bonchev–Trinajstić information content (AvgIpc) is 2.10. The molecule has 0 fully saturated rings. The molecule has 0 aliphatic rings. The number of aryl methyl sites for hydroxylation is 2. The number of hydrogen-bond donors (Lipinski definition) is 2. The molecule has 2 heteroatoms. The highest BCUT2D eigenvalue weighted by molar-refractivity contribution is 5.33. The van der Waals surface area contributed by atoms with Gasteiger partial charge in [0.15, 0.2) is 0 Å². The lowest BCUT2D eigenvalue weighted by Crippen LogP contribution is -2.00. The number of aliphatic hydroxyl groups is 1. The van der Waals surface area contributed by atoms with Crippen molar-refractivity contribution in [2.45, 2.75) is 39.2 Å². The van der Waals surface area contributed by atoms with E-state index in [1.807, 2.05) is 13.0 Å². The Balaban J connectivity index is 2.53. The molecule has 2 N–H and O–H groups in total. The normalized spacial score (nSPS) is 12.8. The van der Waals surface area contributed by atoms with E-state index in [1.165, 1.54) is 11.1 Å². The van der Waals surface area contributed by atoms with E-state index >= 15 is 0 Å². The lowest BCUT2D eigenvalue weighted by atomic mass is 10.0. The predicted octanol–water partition coefficient (Wildman–Crippen LogP) is 2.40. The first-order valence-electron chi connectivity index (χ1n) is 5.06. The molecule has 0 radical (unpaired) electrons. The van der Waals surface area contributed by atoms with Gasteiger partial charge in [0.2, 0.25) is 0 Å². The third-order valence-electron chi connectivity index (χ3n) is 2.40. The Kier molecular flexibility index (Phi) is 3.96. The summed E-state index contributed by atoms with van der Waals surface area (Å²) in [7, 11) is 0. The van der Waals surface area contributed by atoms with Crippen molar-refractivity contribution in [3.8, 4) is 5.75 Å². The number of hydrogen-bond acceptors (Lipinski definition) is 2. The second-order valence-corrected chi connectivity index (χ2v) is 3.85. The average molecular weight is 194 g/mol. The van der Waals surface area contributed by atoms with Crippen LogP contribution in [0.2, 0.25) is 0 Å². The molecule has 0 heterocycles. The smallest absolute Gasteiger partial charge is 0.115 e. The van der Waals surface area contributed by atoms with Crippen LogP contribution in [0.1, 0.15) is 30.9 Å². The standard InChI is InChI=1S/C12H18O2/c1-9-6-7-12(14)8-11(9)5-3-4-10(2)13/h6-8,10,13-14H,3-5H2,1-2H3. The highest BCUT2D eigenvalue weighted by Gasteiger charge is 2.01. The SMILES string of the molecule is Cc1ccc(O)cc1CCCC(C)O. The van der Waals surface area contributed by atoms with E-state index in [9.17, 15) is 5.11 Å². The van der Waals surface area contributed by atoms with E-state index in [2.05, 4.69) is 0 Å². The maximum absolute atomic E-state index is 9.30. The maximum Gasteiger partial charge on any atom is 0.115 e. The highest BCUT2D eigenvalue weighted by atomic mass is 16.3. The second-order valence-electron chi connectivity index (χ2n) is 3.85. The van der Waals surface area contributed by atoms with Crippen LogP contribution in [0, 0.1) is 6.92 Å². The Bertz CT molecular complexity index is 292. The van der Waals surface area contributed by atoms with Crippen molar-refractivity contribution >= 4 is 0 Å². The van der Waals surface area contributed by atoms with E-state index in [0.717, 1.165) is 19.3 Å². The lowest BCUT2D eigenvalue weighted by Gasteiger charge is -2.07. The van der Waals surface area contributed by atoms with Crippen LogP contribution >= 0.6 is 0 Å². The van der Waals surface area contributed by atoms with Crippen molar-refractivity contribution in [2.75, 3.05) is 0 Å². The Hall–Kier alpha value is -1.02. The van der Waals surface area contributed by atoms with Gasteiger partial charge in [-0.3, -0.25) is 0 Å². The Morgan fingerprint density at radius 1 is 1.36 bits per heavy atom. The van der Waals surface area contributed by atoms with E-state index in [4.69, 9.17) is 5.11 Å². The van der Waals surface area contributed by atoms with Crippen molar-refractivity contribution in [3.63, 3.8) is 0 Å². The van der Waals surface area contributed by atoms with Gasteiger partial charge in [-0.2, -0.15) is 0 Å². The van der Waals surface area contributed by atoms with Crippen LogP contribution < -0.4 is 0 Å². The molecule has 1 aromatic rings. The minimum Gasteiger partial charge on any atom is -0.508 e. The zero-order valence-electron chi connectivity index (χ0n) is 8.83. The van der Waals surface area contributed by atoms with Gasteiger partial charge in [0, 0.05) is 0 Å². The topological polar surface area (TPSA) is 40.5 Å². The van der Waals surface area contributed by atoms with Gasteiger partial charge in [-0.05, 0) is 56.4 Å². The van der Waals surface area contributed by atoms with Gasteiger partial charge in [0.25, 0.3) is 0 Å². The maximum atomic E-state index is 9.30. The number of phenolic OH excluding ortho intramolecular Hbond substituents is 1. The number of rotatable bonds is 4. The third kappa shape index (κ3) is 3.38. The van der Waals surface area contributed by atoms with Crippen molar-refractivity contribution in [3.05, 3.63) is 29.3 Å². The van der Waals surface area contributed by atoms with Crippen molar-refractivity contribution in [1.82, 2.24) is 0 Å². The fraction of sp³-hybridized carbons (Fsp3) is 0.500. The summed E-state index contributed by atoms with van der Waals surface area (Å²) in [5.41, 5.74) is 2.37. The summed E-state index contributed by atoms with van der Waals surface area (Å²) in [6, 6.07) is 5.43. The Labute approximate surface area is 85.2 Å². The molecule has 0 bridgehead atoms. The van der Waals surface area contributed by atoms with Crippen LogP contribution in [0.25, 0.3) is 0 Å². The number of phenols is 1. The zero-order chi connectivity index (χ0) is 10.6. The van der Waals surface area contributed by atoms with Crippen molar-refractivity contribution < 1.29 is 10.2 Å². The van der Waals surface area contributed by atoms with E-state index in [-0.39, 0.29) is 6.10 Å². The minimum absolute atomic E-state index is 0.229. The van der Waals surface area contributed by atoms with Gasteiger partial charge in [0.1, 0.15) is 5.75 Å². The lowest BCUT2D eigenvalue weighted by molar-refractivity contribution is 0.181. The quantitative estimate of drug-likeness (QED) is 0.772. The third-order valence-corrected chi connectivity index (χ3v) is 2.40. The fourth-order valence-electron chi connectivity index (χ4n) is 1.52. The molecule has 1 aromatic carbocycles. The molecule has 0 aliphatic heterocycles. The summed E-state index contributed by atoms with van der Waals surface area (Å²) in [6.07, 6.45) is 2.47. The summed E-state index contributed by atoms with van der Waals surface area (Å²) in [5.74, 6) is 0.322. The molecule has 0 spiro atoms. The Morgan fingerprint density at radius 3 is 2.71 bits per heavy atom. The molecular weight excluding hydrogens is 176 g/mol. The summed E-state index contributed by atoms with van der Waals surface area (Å²) < 4.78 is 0. The monoisotopic (exact) mass is 194 g/mol. The predicted molar refractivity (Wildman–Crippen MR) is 57.5 cm³/mol. The number of aromatic hydroxyl groups is 1. The minimum atomic E-state index is -0.229. The van der Waals surface area contributed by atoms with Crippen LogP contribution in [0.3, 0.4) is 0 Å². The van der Waals surface area contributed by atoms with Crippen LogP contribution in [0.4, 0.5) is 0 Å². The molecule has 1 unspecified atom stereocenters. The van der Waals surface area contributed by atoms with Gasteiger partial charge in [-0.1, -0.05) is 6.07 Å². The van der Waals surface area contributed by atoms with Crippen LogP contribution in [-0.4, -0.2) is 16.3 Å². The van der Waals surface area contributed by atoms with Crippen LogP contribution in [-0.2, 0) is 6.42 Å². The van der Waals surface area contributed by atoms with Gasteiger partial charge >= 0.3 is 0 Å². The zero-order valence-corrected chi connectivity index (χ0v) is 8.83. The molecule has 0 saturated carbocycles. The van der Waals surface area contributed by atoms with E-state index in [0.29, 0.717) is 5.75 Å². The fourth-order valence-corrected chi connectivity index (χ4v) is 1.52. The summed E-state index contributed by atoms with van der Waals surface area (Å²) in [6.45, 7) is 3.84. The molecule has 0 aromatic heterocycles.